The molecule has 0 amide bonds. The van der Waals surface area contributed by atoms with Crippen molar-refractivity contribution in [2.45, 2.75) is 52.5 Å². The highest BCUT2D eigenvalue weighted by Crippen LogP contribution is 2.38. The van der Waals surface area contributed by atoms with Crippen molar-refractivity contribution in [3.63, 3.8) is 0 Å². The van der Waals surface area contributed by atoms with E-state index >= 15 is 0 Å². The molecule has 3 heteroatoms. The maximum Gasteiger partial charge on any atom is 0.133 e. The van der Waals surface area contributed by atoms with Gasteiger partial charge in [0, 0.05) is 6.04 Å². The van der Waals surface area contributed by atoms with Crippen LogP contribution in [0.3, 0.4) is 0 Å². The van der Waals surface area contributed by atoms with Crippen molar-refractivity contribution in [2.24, 2.45) is 11.8 Å². The van der Waals surface area contributed by atoms with Gasteiger partial charge in [-0.05, 0) is 71.8 Å². The fourth-order valence-electron chi connectivity index (χ4n) is 3.38. The molecule has 1 atom stereocenters. The van der Waals surface area contributed by atoms with Gasteiger partial charge in [0.15, 0.2) is 0 Å². The third-order valence-electron chi connectivity index (χ3n) is 4.57. The molecule has 0 radical (unpaired) electrons. The standard InChI is InChI=1S/C18H28BrNO/c1-4-20-18(14-8-6-13(3)7-9-14)15-10-11-17(21-5-2)16(19)12-15/h10-14,18,20H,4-9H2,1-3H3. The van der Waals surface area contributed by atoms with E-state index in [1.807, 2.05) is 6.92 Å². The van der Waals surface area contributed by atoms with Gasteiger partial charge in [0.2, 0.25) is 0 Å². The molecule has 118 valence electrons. The summed E-state index contributed by atoms with van der Waals surface area (Å²) < 4.78 is 6.69. The summed E-state index contributed by atoms with van der Waals surface area (Å²) in [4.78, 5) is 0. The SMILES string of the molecule is CCNC(c1ccc(OCC)c(Br)c1)C1CCC(C)CC1. The zero-order valence-corrected chi connectivity index (χ0v) is 15.1. The Labute approximate surface area is 137 Å². The average molecular weight is 354 g/mol. The number of halogens is 1. The number of benzene rings is 1. The Morgan fingerprint density at radius 3 is 2.52 bits per heavy atom. The van der Waals surface area contributed by atoms with Crippen LogP contribution in [-0.2, 0) is 0 Å². The fourth-order valence-corrected chi connectivity index (χ4v) is 3.89. The molecule has 1 N–H and O–H groups in total. The first-order valence-electron chi connectivity index (χ1n) is 8.31. The van der Waals surface area contributed by atoms with Gasteiger partial charge >= 0.3 is 0 Å². The van der Waals surface area contributed by atoms with Crippen LogP contribution in [0.4, 0.5) is 0 Å². The lowest BCUT2D eigenvalue weighted by atomic mass is 9.77. The molecular weight excluding hydrogens is 326 g/mol. The van der Waals surface area contributed by atoms with Crippen molar-refractivity contribution in [1.29, 1.82) is 0 Å². The van der Waals surface area contributed by atoms with E-state index in [0.717, 1.165) is 28.6 Å². The second-order valence-corrected chi connectivity index (χ2v) is 7.03. The Balaban J connectivity index is 2.15. The molecule has 2 rings (SSSR count). The van der Waals surface area contributed by atoms with E-state index in [4.69, 9.17) is 4.74 Å². The van der Waals surface area contributed by atoms with Gasteiger partial charge in [-0.2, -0.15) is 0 Å². The van der Waals surface area contributed by atoms with E-state index in [9.17, 15) is 0 Å². The van der Waals surface area contributed by atoms with Gasteiger partial charge in [-0.3, -0.25) is 0 Å². The maximum absolute atomic E-state index is 5.62. The summed E-state index contributed by atoms with van der Waals surface area (Å²) >= 11 is 3.65. The summed E-state index contributed by atoms with van der Waals surface area (Å²) in [6, 6.07) is 7.02. The predicted molar refractivity (Wildman–Crippen MR) is 92.9 cm³/mol. The molecule has 1 aromatic carbocycles. The predicted octanol–water partition coefficient (Wildman–Crippen LogP) is 5.32. The smallest absolute Gasteiger partial charge is 0.133 e. The highest BCUT2D eigenvalue weighted by atomic mass is 79.9. The Hall–Kier alpha value is -0.540. The summed E-state index contributed by atoms with van der Waals surface area (Å²) in [6.45, 7) is 8.32. The van der Waals surface area contributed by atoms with Crippen LogP contribution in [0.15, 0.2) is 22.7 Å². The Morgan fingerprint density at radius 1 is 1.24 bits per heavy atom. The molecule has 0 bridgehead atoms. The molecular formula is C18H28BrNO. The van der Waals surface area contributed by atoms with Gasteiger partial charge in [-0.15, -0.1) is 0 Å². The summed E-state index contributed by atoms with van der Waals surface area (Å²) in [5, 5.41) is 3.70. The third-order valence-corrected chi connectivity index (χ3v) is 5.19. The lowest BCUT2D eigenvalue weighted by molar-refractivity contribution is 0.233. The minimum Gasteiger partial charge on any atom is -0.493 e. The van der Waals surface area contributed by atoms with Crippen molar-refractivity contribution in [3.8, 4) is 5.75 Å². The largest absolute Gasteiger partial charge is 0.493 e. The van der Waals surface area contributed by atoms with Crippen LogP contribution < -0.4 is 10.1 Å². The number of hydrogen-bond donors (Lipinski definition) is 1. The minimum absolute atomic E-state index is 0.467. The van der Waals surface area contributed by atoms with Gasteiger partial charge in [0.25, 0.3) is 0 Å². The number of nitrogens with one attached hydrogen (secondary N) is 1. The van der Waals surface area contributed by atoms with Gasteiger partial charge in [-0.1, -0.05) is 32.8 Å². The normalized spacial score (nSPS) is 23.8. The van der Waals surface area contributed by atoms with E-state index in [-0.39, 0.29) is 0 Å². The average Bonchev–Trinajstić information content (AvgIpc) is 2.48. The molecule has 1 aromatic rings. The van der Waals surface area contributed by atoms with E-state index in [2.05, 4.69) is 53.3 Å². The van der Waals surface area contributed by atoms with Gasteiger partial charge in [0.05, 0.1) is 11.1 Å². The Kier molecular flexibility index (Phi) is 6.56. The molecule has 0 aromatic heterocycles. The first kappa shape index (κ1) is 16.8. The zero-order valence-electron chi connectivity index (χ0n) is 13.5. The molecule has 1 fully saturated rings. The molecule has 0 saturated heterocycles. The molecule has 1 unspecified atom stereocenters. The van der Waals surface area contributed by atoms with Crippen LogP contribution in [0.5, 0.6) is 5.75 Å². The fraction of sp³-hybridized carbons (Fsp3) is 0.667. The van der Waals surface area contributed by atoms with Crippen LogP contribution in [0.2, 0.25) is 0 Å². The van der Waals surface area contributed by atoms with E-state index in [1.54, 1.807) is 0 Å². The van der Waals surface area contributed by atoms with Crippen molar-refractivity contribution >= 4 is 15.9 Å². The molecule has 2 nitrogen and oxygen atoms in total. The summed E-state index contributed by atoms with van der Waals surface area (Å²) in [5.41, 5.74) is 1.38. The van der Waals surface area contributed by atoms with Gasteiger partial charge in [0.1, 0.15) is 5.75 Å². The zero-order chi connectivity index (χ0) is 15.2. The van der Waals surface area contributed by atoms with Crippen LogP contribution in [0, 0.1) is 11.8 Å². The van der Waals surface area contributed by atoms with Gasteiger partial charge < -0.3 is 10.1 Å². The molecule has 21 heavy (non-hydrogen) atoms. The number of hydrogen-bond acceptors (Lipinski definition) is 2. The van der Waals surface area contributed by atoms with E-state index in [0.29, 0.717) is 12.6 Å². The second-order valence-electron chi connectivity index (χ2n) is 6.18. The minimum atomic E-state index is 0.467. The summed E-state index contributed by atoms with van der Waals surface area (Å²) in [6.07, 6.45) is 5.41. The number of ether oxygens (including phenoxy) is 1. The van der Waals surface area contributed by atoms with Crippen LogP contribution >= 0.6 is 15.9 Å². The third kappa shape index (κ3) is 4.46. The van der Waals surface area contributed by atoms with E-state index in [1.165, 1.54) is 31.2 Å². The molecule has 0 spiro atoms. The van der Waals surface area contributed by atoms with Crippen molar-refractivity contribution < 1.29 is 4.74 Å². The highest BCUT2D eigenvalue weighted by Gasteiger charge is 2.27. The Bertz CT molecular complexity index is 441. The quantitative estimate of drug-likeness (QED) is 0.746. The van der Waals surface area contributed by atoms with Crippen molar-refractivity contribution in [3.05, 3.63) is 28.2 Å². The lowest BCUT2D eigenvalue weighted by Gasteiger charge is -2.33. The van der Waals surface area contributed by atoms with Crippen LogP contribution in [0.1, 0.15) is 58.1 Å². The van der Waals surface area contributed by atoms with Crippen molar-refractivity contribution in [1.82, 2.24) is 5.32 Å². The van der Waals surface area contributed by atoms with Crippen LogP contribution in [0.25, 0.3) is 0 Å². The maximum atomic E-state index is 5.62. The number of rotatable bonds is 6. The topological polar surface area (TPSA) is 21.3 Å². The molecule has 0 aliphatic heterocycles. The molecule has 1 saturated carbocycles. The summed E-state index contributed by atoms with van der Waals surface area (Å²) in [5.74, 6) is 2.59. The molecule has 0 heterocycles. The molecule has 1 aliphatic carbocycles. The van der Waals surface area contributed by atoms with Gasteiger partial charge in [-0.25, -0.2) is 0 Å². The lowest BCUT2D eigenvalue weighted by Crippen LogP contribution is -2.30. The second kappa shape index (κ2) is 8.19. The van der Waals surface area contributed by atoms with Crippen LogP contribution in [-0.4, -0.2) is 13.2 Å². The monoisotopic (exact) mass is 353 g/mol. The highest BCUT2D eigenvalue weighted by molar-refractivity contribution is 9.10. The first-order valence-corrected chi connectivity index (χ1v) is 9.10. The van der Waals surface area contributed by atoms with Crippen molar-refractivity contribution in [2.75, 3.05) is 13.2 Å². The first-order chi connectivity index (χ1) is 10.2. The summed E-state index contributed by atoms with van der Waals surface area (Å²) in [7, 11) is 0. The molecule has 1 aliphatic rings. The Morgan fingerprint density at radius 2 is 1.95 bits per heavy atom. The van der Waals surface area contributed by atoms with E-state index < -0.39 is 0 Å².